The Morgan fingerprint density at radius 3 is 0.556 bits per heavy atom. The third-order valence-corrected chi connectivity index (χ3v) is 0. The summed E-state index contributed by atoms with van der Waals surface area (Å²) in [6.07, 6.45) is 0. The zero-order valence-corrected chi connectivity index (χ0v) is 12.0. The summed E-state index contributed by atoms with van der Waals surface area (Å²) in [6, 6.07) is 0. The van der Waals surface area contributed by atoms with Crippen LogP contribution in [0.2, 0.25) is 0 Å². The molecule has 0 fully saturated rings. The maximum atomic E-state index is 9.88. The third kappa shape index (κ3) is 87.8. The summed E-state index contributed by atoms with van der Waals surface area (Å²) in [6.45, 7) is 0. The monoisotopic (exact) mass is 248 g/mol. The molecule has 0 aliphatic carbocycles. The van der Waals surface area contributed by atoms with E-state index in [0.717, 1.165) is 0 Å². The van der Waals surface area contributed by atoms with Gasteiger partial charge in [0, 0.05) is 0 Å². The van der Waals surface area contributed by atoms with Crippen LogP contribution in [0.3, 0.4) is 0 Å². The molecule has 0 saturated carbocycles. The molecule has 0 aliphatic rings. The average Bonchev–Trinajstić information content (AvgIpc) is 0.592. The second kappa shape index (κ2) is 3.62. The first-order valence-electron chi connectivity index (χ1n) is 0.802. The summed E-state index contributed by atoms with van der Waals surface area (Å²) in [7, 11) is 0. The first-order chi connectivity index (χ1) is 2.45. The maximum Gasteiger partial charge on any atom is 1.00 e. The van der Waals surface area contributed by atoms with E-state index in [9.17, 15) is 21.3 Å². The normalized spacial score (nSPS) is 18.0. The molecule has 0 spiro atoms. The van der Waals surface area contributed by atoms with E-state index in [4.69, 9.17) is 0 Å². The SMILES string of the molecule is [F][Fe-2]([F])([F])([F])([F])[F].[K+].[K+]. The van der Waals surface area contributed by atoms with E-state index in [-0.39, 0.29) is 103 Å². The summed E-state index contributed by atoms with van der Waals surface area (Å²) >= 11 is -10.8. The molecule has 0 heterocycles. The number of halogens is 6. The summed E-state index contributed by atoms with van der Waals surface area (Å²) in [5.41, 5.74) is 0. The molecule has 0 N–H and O–H groups in total. The van der Waals surface area contributed by atoms with E-state index >= 15 is 0 Å². The van der Waals surface area contributed by atoms with Crippen LogP contribution in [0.1, 0.15) is 0 Å². The Kier molecular flexibility index (Phi) is 7.34. The van der Waals surface area contributed by atoms with Gasteiger partial charge in [0.15, 0.2) is 0 Å². The predicted octanol–water partition coefficient (Wildman–Crippen LogP) is -3.47. The molecular weight excluding hydrogens is 248 g/mol. The molecule has 0 aliphatic heterocycles. The number of hydrogen-bond acceptors (Lipinski definition) is 0. The van der Waals surface area contributed by atoms with Gasteiger partial charge in [0.05, 0.1) is 0 Å². The van der Waals surface area contributed by atoms with E-state index in [1.165, 1.54) is 0 Å². The van der Waals surface area contributed by atoms with Gasteiger partial charge in [0.2, 0.25) is 0 Å². The zero-order chi connectivity index (χ0) is 6.41. The fraction of sp³-hybridized carbons (Fsp3) is 0. The largest absolute Gasteiger partial charge is 1.00 e. The van der Waals surface area contributed by atoms with Gasteiger partial charge in [-0.15, -0.1) is 0 Å². The molecule has 0 aromatic heterocycles. The Morgan fingerprint density at radius 2 is 0.556 bits per heavy atom. The molecule has 9 heavy (non-hydrogen) atoms. The second-order valence-corrected chi connectivity index (χ2v) is 3.12. The van der Waals surface area contributed by atoms with Crippen molar-refractivity contribution < 1.29 is 138 Å². The van der Waals surface area contributed by atoms with Crippen molar-refractivity contribution in [3.8, 4) is 0 Å². The standard InChI is InChI=1S/6FH.Fe.2K/h6*1H;;;/q;;;;;;+4;2*+1/p-6. The van der Waals surface area contributed by atoms with Gasteiger partial charge in [-0.25, -0.2) is 0 Å². The molecule has 0 aromatic carbocycles. The van der Waals surface area contributed by atoms with Crippen molar-refractivity contribution in [3.05, 3.63) is 0 Å². The van der Waals surface area contributed by atoms with Crippen molar-refractivity contribution in [3.63, 3.8) is 0 Å². The molecule has 9 heteroatoms. The Bertz CT molecular complexity index is 69.6. The van der Waals surface area contributed by atoms with Crippen LogP contribution in [0, 0.1) is 0 Å². The molecule has 0 bridgehead atoms. The van der Waals surface area contributed by atoms with Crippen LogP contribution in [-0.4, -0.2) is 0 Å². The van der Waals surface area contributed by atoms with Crippen LogP contribution in [-0.2, 0) is 13.5 Å². The minimum absolute atomic E-state index is 0. The molecule has 0 unspecified atom stereocenters. The molecule has 0 nitrogen and oxygen atoms in total. The van der Waals surface area contributed by atoms with Crippen LogP contribution in [0.4, 0.5) is 21.3 Å². The predicted molar refractivity (Wildman–Crippen MR) is 6.65 cm³/mol. The topological polar surface area (TPSA) is 0 Å². The molecule has 52 valence electrons. The van der Waals surface area contributed by atoms with Crippen LogP contribution in [0.5, 0.6) is 0 Å². The molecule has 0 rings (SSSR count). The first-order valence-corrected chi connectivity index (χ1v) is 3.31. The van der Waals surface area contributed by atoms with E-state index in [0.29, 0.717) is 0 Å². The maximum absolute atomic E-state index is 10.8. The number of rotatable bonds is 0. The quantitative estimate of drug-likeness (QED) is 0.308. The minimum Gasteiger partial charge on any atom is 1.00 e. The van der Waals surface area contributed by atoms with Gasteiger partial charge in [0.1, 0.15) is 0 Å². The number of hydrogen-bond donors (Lipinski definition) is 0. The van der Waals surface area contributed by atoms with Gasteiger partial charge in [-0.3, -0.25) is 0 Å². The molecule has 0 radical (unpaired) electrons. The van der Waals surface area contributed by atoms with Gasteiger partial charge in [-0.05, 0) is 0 Å². The van der Waals surface area contributed by atoms with Crippen LogP contribution in [0.15, 0.2) is 0 Å². The molecule has 0 atom stereocenters. The fourth-order valence-electron chi connectivity index (χ4n) is 0. The van der Waals surface area contributed by atoms with E-state index in [1.54, 1.807) is 0 Å². The third-order valence-electron chi connectivity index (χ3n) is 0. The van der Waals surface area contributed by atoms with Gasteiger partial charge in [0.25, 0.3) is 0 Å². The summed E-state index contributed by atoms with van der Waals surface area (Å²) in [5, 5.41) is 0. The fourth-order valence-corrected chi connectivity index (χ4v) is 0. The molecule has 0 aromatic rings. The van der Waals surface area contributed by atoms with Crippen molar-refractivity contribution in [1.82, 2.24) is 0 Å². The van der Waals surface area contributed by atoms with Gasteiger partial charge >= 0.3 is 138 Å². The smallest absolute Gasteiger partial charge is 1.00 e. The summed E-state index contributed by atoms with van der Waals surface area (Å²) in [4.78, 5) is 0. The second-order valence-electron chi connectivity index (χ2n) is 0.758. The molecule has 0 amide bonds. The average molecular weight is 248 g/mol. The van der Waals surface area contributed by atoms with Gasteiger partial charge in [-0.2, -0.15) is 0 Å². The minimum atomic E-state index is -10.8. The van der Waals surface area contributed by atoms with Crippen molar-refractivity contribution in [2.24, 2.45) is 0 Å². The van der Waals surface area contributed by atoms with Crippen LogP contribution < -0.4 is 103 Å². The van der Waals surface area contributed by atoms with E-state index in [1.807, 2.05) is 0 Å². The van der Waals surface area contributed by atoms with Crippen molar-refractivity contribution in [1.29, 1.82) is 0 Å². The van der Waals surface area contributed by atoms with Crippen molar-refractivity contribution >= 4 is 0 Å². The summed E-state index contributed by atoms with van der Waals surface area (Å²) < 4.78 is 59.2. The van der Waals surface area contributed by atoms with E-state index < -0.39 is 13.5 Å². The van der Waals surface area contributed by atoms with E-state index in [2.05, 4.69) is 0 Å². The van der Waals surface area contributed by atoms with Crippen LogP contribution in [0.25, 0.3) is 0 Å². The van der Waals surface area contributed by atoms with Gasteiger partial charge < -0.3 is 0 Å². The van der Waals surface area contributed by atoms with Crippen molar-refractivity contribution in [2.45, 2.75) is 0 Å². The zero-order valence-electron chi connectivity index (χ0n) is 4.62. The Labute approximate surface area is 134 Å². The molecule has 0 saturated heterocycles. The van der Waals surface area contributed by atoms with Gasteiger partial charge in [-0.1, -0.05) is 0 Å². The first kappa shape index (κ1) is 18.2. The Hall–Kier alpha value is 3.37. The Morgan fingerprint density at radius 1 is 0.556 bits per heavy atom. The van der Waals surface area contributed by atoms with Crippen LogP contribution >= 0.6 is 0 Å². The Balaban J connectivity index is -0.000000180. The summed E-state index contributed by atoms with van der Waals surface area (Å²) in [5.74, 6) is 0. The molecular formula is F6FeK2. The van der Waals surface area contributed by atoms with Crippen molar-refractivity contribution in [2.75, 3.05) is 0 Å².